The Labute approximate surface area is 91.3 Å². The fourth-order valence-electron chi connectivity index (χ4n) is 1.91. The number of pyridine rings is 1. The van der Waals surface area contributed by atoms with Crippen LogP contribution in [-0.2, 0) is 0 Å². The SMILES string of the molecule is CCCN(c1ncc(C)cc1N)C1CC1. The van der Waals surface area contributed by atoms with E-state index in [0.717, 1.165) is 30.0 Å². The molecule has 15 heavy (non-hydrogen) atoms. The van der Waals surface area contributed by atoms with Gasteiger partial charge in [-0.25, -0.2) is 4.98 Å². The first kappa shape index (κ1) is 10.3. The first-order valence-corrected chi connectivity index (χ1v) is 5.71. The third-order valence-electron chi connectivity index (χ3n) is 2.76. The van der Waals surface area contributed by atoms with E-state index in [-0.39, 0.29) is 0 Å². The molecule has 1 aromatic heterocycles. The lowest BCUT2D eigenvalue weighted by Crippen LogP contribution is -2.28. The molecule has 82 valence electrons. The van der Waals surface area contributed by atoms with Crippen LogP contribution in [0, 0.1) is 6.92 Å². The molecular formula is C12H19N3. The number of rotatable bonds is 4. The summed E-state index contributed by atoms with van der Waals surface area (Å²) in [5.74, 6) is 0.977. The van der Waals surface area contributed by atoms with Crippen LogP contribution in [0.2, 0.25) is 0 Å². The third kappa shape index (κ3) is 2.22. The summed E-state index contributed by atoms with van der Waals surface area (Å²) in [4.78, 5) is 6.81. The van der Waals surface area contributed by atoms with Gasteiger partial charge in [-0.1, -0.05) is 6.92 Å². The van der Waals surface area contributed by atoms with Crippen molar-refractivity contribution in [2.24, 2.45) is 0 Å². The maximum absolute atomic E-state index is 6.01. The molecule has 0 saturated heterocycles. The second-order valence-corrected chi connectivity index (χ2v) is 4.35. The van der Waals surface area contributed by atoms with Crippen molar-refractivity contribution in [2.75, 3.05) is 17.2 Å². The molecule has 1 heterocycles. The minimum absolute atomic E-state index is 0.683. The van der Waals surface area contributed by atoms with Gasteiger partial charge in [-0.05, 0) is 37.8 Å². The first-order chi connectivity index (χ1) is 7.22. The van der Waals surface area contributed by atoms with Crippen LogP contribution in [0.1, 0.15) is 31.7 Å². The highest BCUT2D eigenvalue weighted by atomic mass is 15.2. The summed E-state index contributed by atoms with van der Waals surface area (Å²) in [5.41, 5.74) is 7.96. The second kappa shape index (κ2) is 4.09. The fourth-order valence-corrected chi connectivity index (χ4v) is 1.91. The molecule has 1 fully saturated rings. The Kier molecular flexibility index (Phi) is 2.80. The van der Waals surface area contributed by atoms with Gasteiger partial charge in [0.25, 0.3) is 0 Å². The van der Waals surface area contributed by atoms with Crippen LogP contribution < -0.4 is 10.6 Å². The van der Waals surface area contributed by atoms with Crippen LogP contribution in [-0.4, -0.2) is 17.6 Å². The highest BCUT2D eigenvalue weighted by Crippen LogP contribution is 2.33. The van der Waals surface area contributed by atoms with E-state index in [1.54, 1.807) is 0 Å². The molecule has 0 atom stereocenters. The number of hydrogen-bond donors (Lipinski definition) is 1. The zero-order valence-corrected chi connectivity index (χ0v) is 9.53. The van der Waals surface area contributed by atoms with Crippen molar-refractivity contribution >= 4 is 11.5 Å². The van der Waals surface area contributed by atoms with Gasteiger partial charge in [0.05, 0.1) is 5.69 Å². The number of nitrogen functional groups attached to an aromatic ring is 1. The molecule has 2 rings (SSSR count). The molecule has 3 heteroatoms. The van der Waals surface area contributed by atoms with Crippen molar-refractivity contribution in [3.63, 3.8) is 0 Å². The maximum Gasteiger partial charge on any atom is 0.152 e. The molecule has 0 amide bonds. The zero-order valence-electron chi connectivity index (χ0n) is 9.53. The normalized spacial score (nSPS) is 15.3. The van der Waals surface area contributed by atoms with E-state index in [9.17, 15) is 0 Å². The number of anilines is 2. The summed E-state index contributed by atoms with van der Waals surface area (Å²) in [6.07, 6.45) is 5.62. The van der Waals surface area contributed by atoms with Crippen molar-refractivity contribution in [3.05, 3.63) is 17.8 Å². The molecule has 0 radical (unpaired) electrons. The van der Waals surface area contributed by atoms with Crippen molar-refractivity contribution in [1.82, 2.24) is 4.98 Å². The van der Waals surface area contributed by atoms with Crippen molar-refractivity contribution in [1.29, 1.82) is 0 Å². The predicted molar refractivity (Wildman–Crippen MR) is 64.0 cm³/mol. The van der Waals surface area contributed by atoms with Gasteiger partial charge in [-0.2, -0.15) is 0 Å². The Hall–Kier alpha value is -1.25. The van der Waals surface area contributed by atoms with Crippen LogP contribution in [0.3, 0.4) is 0 Å². The lowest BCUT2D eigenvalue weighted by Gasteiger charge is -2.24. The molecule has 3 nitrogen and oxygen atoms in total. The maximum atomic E-state index is 6.01. The molecule has 0 bridgehead atoms. The molecule has 1 saturated carbocycles. The highest BCUT2D eigenvalue weighted by molar-refractivity contribution is 5.64. The van der Waals surface area contributed by atoms with Gasteiger partial charge in [0.1, 0.15) is 0 Å². The largest absolute Gasteiger partial charge is 0.396 e. The van der Waals surface area contributed by atoms with E-state index in [4.69, 9.17) is 5.73 Å². The van der Waals surface area contributed by atoms with Crippen molar-refractivity contribution < 1.29 is 0 Å². The number of aryl methyl sites for hydroxylation is 1. The van der Waals surface area contributed by atoms with E-state index >= 15 is 0 Å². The summed E-state index contributed by atoms with van der Waals surface area (Å²) in [6, 6.07) is 2.69. The Balaban J connectivity index is 2.24. The van der Waals surface area contributed by atoms with Gasteiger partial charge < -0.3 is 10.6 Å². The monoisotopic (exact) mass is 205 g/mol. The average molecular weight is 205 g/mol. The predicted octanol–water partition coefficient (Wildman–Crippen LogP) is 2.35. The molecule has 1 aliphatic rings. The summed E-state index contributed by atoms with van der Waals surface area (Å²) in [5, 5.41) is 0. The Morgan fingerprint density at radius 1 is 1.53 bits per heavy atom. The zero-order chi connectivity index (χ0) is 10.8. The molecule has 1 aromatic rings. The molecule has 1 aliphatic carbocycles. The minimum Gasteiger partial charge on any atom is -0.396 e. The van der Waals surface area contributed by atoms with Crippen LogP contribution >= 0.6 is 0 Å². The summed E-state index contributed by atoms with van der Waals surface area (Å²) in [6.45, 7) is 5.28. The van der Waals surface area contributed by atoms with Crippen LogP contribution in [0.5, 0.6) is 0 Å². The van der Waals surface area contributed by atoms with Crippen LogP contribution in [0.15, 0.2) is 12.3 Å². The van der Waals surface area contributed by atoms with Gasteiger partial charge in [-0.3, -0.25) is 0 Å². The van der Waals surface area contributed by atoms with Gasteiger partial charge in [0, 0.05) is 18.8 Å². The molecule has 0 aromatic carbocycles. The van der Waals surface area contributed by atoms with E-state index in [2.05, 4.69) is 16.8 Å². The molecule has 0 spiro atoms. The van der Waals surface area contributed by atoms with Crippen LogP contribution in [0.4, 0.5) is 11.5 Å². The minimum atomic E-state index is 0.683. The van der Waals surface area contributed by atoms with Gasteiger partial charge in [0.15, 0.2) is 5.82 Å². The number of hydrogen-bond acceptors (Lipinski definition) is 3. The van der Waals surface area contributed by atoms with E-state index in [0.29, 0.717) is 6.04 Å². The number of nitrogens with two attached hydrogens (primary N) is 1. The third-order valence-corrected chi connectivity index (χ3v) is 2.76. The quantitative estimate of drug-likeness (QED) is 0.820. The lowest BCUT2D eigenvalue weighted by molar-refractivity contribution is 0.751. The first-order valence-electron chi connectivity index (χ1n) is 5.71. The summed E-state index contributed by atoms with van der Waals surface area (Å²) in [7, 11) is 0. The molecule has 0 aliphatic heterocycles. The Bertz CT molecular complexity index is 345. The van der Waals surface area contributed by atoms with E-state index in [1.165, 1.54) is 12.8 Å². The van der Waals surface area contributed by atoms with Crippen LogP contribution in [0.25, 0.3) is 0 Å². The Morgan fingerprint density at radius 3 is 2.80 bits per heavy atom. The van der Waals surface area contributed by atoms with Gasteiger partial charge in [-0.15, -0.1) is 0 Å². The second-order valence-electron chi connectivity index (χ2n) is 4.35. The topological polar surface area (TPSA) is 42.2 Å². The van der Waals surface area contributed by atoms with E-state index in [1.807, 2.05) is 19.2 Å². The van der Waals surface area contributed by atoms with Gasteiger partial charge >= 0.3 is 0 Å². The average Bonchev–Trinajstić information content (AvgIpc) is 2.98. The number of nitrogens with zero attached hydrogens (tertiary/aromatic N) is 2. The van der Waals surface area contributed by atoms with Crippen molar-refractivity contribution in [2.45, 2.75) is 39.2 Å². The number of aromatic nitrogens is 1. The standard InChI is InChI=1S/C12H19N3/c1-3-6-15(10-4-5-10)12-11(13)7-9(2)8-14-12/h7-8,10H,3-6,13H2,1-2H3. The fraction of sp³-hybridized carbons (Fsp3) is 0.583. The van der Waals surface area contributed by atoms with E-state index < -0.39 is 0 Å². The molecule has 2 N–H and O–H groups in total. The summed E-state index contributed by atoms with van der Waals surface area (Å²) < 4.78 is 0. The van der Waals surface area contributed by atoms with Gasteiger partial charge in [0.2, 0.25) is 0 Å². The summed E-state index contributed by atoms with van der Waals surface area (Å²) >= 11 is 0. The van der Waals surface area contributed by atoms with Crippen molar-refractivity contribution in [3.8, 4) is 0 Å². The smallest absolute Gasteiger partial charge is 0.152 e. The molecular weight excluding hydrogens is 186 g/mol. The highest BCUT2D eigenvalue weighted by Gasteiger charge is 2.30. The molecule has 0 unspecified atom stereocenters. The lowest BCUT2D eigenvalue weighted by atomic mass is 10.2. The Morgan fingerprint density at radius 2 is 2.27 bits per heavy atom.